The van der Waals surface area contributed by atoms with Gasteiger partial charge in [-0.15, -0.1) is 11.8 Å². The molecule has 0 spiro atoms. The van der Waals surface area contributed by atoms with Crippen LogP contribution in [0.25, 0.3) is 0 Å². The highest BCUT2D eigenvalue weighted by atomic mass is 32.2. The molecule has 0 bridgehead atoms. The molecule has 0 aliphatic heterocycles. The maximum atomic E-state index is 12.3. The lowest BCUT2D eigenvalue weighted by Gasteiger charge is -2.14. The number of rotatable bonds is 9. The molecular weight excluding hydrogens is 334 g/mol. The lowest BCUT2D eigenvalue weighted by molar-refractivity contribution is 0.0987. The Kier molecular flexibility index (Phi) is 7.34. The first-order valence-corrected chi connectivity index (χ1v) is 9.52. The van der Waals surface area contributed by atoms with E-state index in [1.165, 1.54) is 23.4 Å². The average molecular weight is 359 g/mol. The number of phenolic OH excluding ortho intramolecular Hbond substituents is 1. The second kappa shape index (κ2) is 9.49. The van der Waals surface area contributed by atoms with Gasteiger partial charge in [-0.2, -0.15) is 0 Å². The van der Waals surface area contributed by atoms with E-state index < -0.39 is 0 Å². The van der Waals surface area contributed by atoms with E-state index in [9.17, 15) is 9.90 Å². The smallest absolute Gasteiger partial charge is 0.176 e. The molecule has 2 aromatic carbocycles. The van der Waals surface area contributed by atoms with Gasteiger partial charge in [0.15, 0.2) is 5.78 Å². The van der Waals surface area contributed by atoms with E-state index in [4.69, 9.17) is 4.74 Å². The van der Waals surface area contributed by atoms with Gasteiger partial charge in [0.25, 0.3) is 0 Å². The maximum Gasteiger partial charge on any atom is 0.176 e. The molecular formula is C20H25NO3S. The van der Waals surface area contributed by atoms with Crippen LogP contribution in [0.1, 0.15) is 29.3 Å². The van der Waals surface area contributed by atoms with Gasteiger partial charge in [-0.05, 0) is 61.9 Å². The van der Waals surface area contributed by atoms with Gasteiger partial charge in [-0.25, -0.2) is 0 Å². The van der Waals surface area contributed by atoms with E-state index in [2.05, 4.69) is 24.4 Å². The second-order valence-corrected chi connectivity index (χ2v) is 6.83. The fourth-order valence-electron chi connectivity index (χ4n) is 2.51. The standard InChI is InChI=1S/C20H25NO3S/c1-14(4-5-15-6-9-17(24-2)10-7-15)21-13-19(23)16-8-11-20(25-3)18(22)12-16/h6-12,14,21-22H,4-5,13H2,1-3H3. The zero-order valence-electron chi connectivity index (χ0n) is 14.9. The van der Waals surface area contributed by atoms with Crippen LogP contribution in [0, 0.1) is 0 Å². The van der Waals surface area contributed by atoms with Crippen LogP contribution in [-0.4, -0.2) is 36.8 Å². The molecule has 1 atom stereocenters. The molecule has 0 saturated carbocycles. The minimum atomic E-state index is -0.0146. The summed E-state index contributed by atoms with van der Waals surface area (Å²) in [4.78, 5) is 13.0. The number of aryl methyl sites for hydroxylation is 1. The molecule has 0 heterocycles. The van der Waals surface area contributed by atoms with Crippen LogP contribution in [0.3, 0.4) is 0 Å². The van der Waals surface area contributed by atoms with Crippen LogP contribution in [-0.2, 0) is 6.42 Å². The minimum absolute atomic E-state index is 0.0146. The summed E-state index contributed by atoms with van der Waals surface area (Å²) < 4.78 is 5.16. The van der Waals surface area contributed by atoms with Crippen molar-refractivity contribution < 1.29 is 14.6 Å². The van der Waals surface area contributed by atoms with Gasteiger partial charge in [-0.3, -0.25) is 4.79 Å². The van der Waals surface area contributed by atoms with Crippen molar-refractivity contribution in [1.29, 1.82) is 0 Å². The summed E-state index contributed by atoms with van der Waals surface area (Å²) in [6, 6.07) is 13.4. The number of nitrogens with one attached hydrogen (secondary N) is 1. The second-order valence-electron chi connectivity index (χ2n) is 5.98. The molecule has 0 amide bonds. The number of ether oxygens (including phenoxy) is 1. The predicted molar refractivity (Wildman–Crippen MR) is 103 cm³/mol. The van der Waals surface area contributed by atoms with E-state index in [0.29, 0.717) is 5.56 Å². The van der Waals surface area contributed by atoms with E-state index in [1.54, 1.807) is 19.2 Å². The number of phenols is 1. The quantitative estimate of drug-likeness (QED) is 0.525. The molecule has 2 rings (SSSR count). The number of thioether (sulfide) groups is 1. The summed E-state index contributed by atoms with van der Waals surface area (Å²) in [5, 5.41) is 13.1. The van der Waals surface area contributed by atoms with Gasteiger partial charge in [-0.1, -0.05) is 12.1 Å². The molecule has 4 nitrogen and oxygen atoms in total. The third kappa shape index (κ3) is 5.80. The summed E-state index contributed by atoms with van der Waals surface area (Å²) in [6.07, 6.45) is 3.77. The number of benzene rings is 2. The molecule has 2 aromatic rings. The number of aromatic hydroxyl groups is 1. The van der Waals surface area contributed by atoms with Crippen molar-refractivity contribution in [3.63, 3.8) is 0 Å². The first-order valence-electron chi connectivity index (χ1n) is 8.30. The van der Waals surface area contributed by atoms with Gasteiger partial charge in [0, 0.05) is 16.5 Å². The topological polar surface area (TPSA) is 58.6 Å². The Hall–Kier alpha value is -1.98. The minimum Gasteiger partial charge on any atom is -0.507 e. The fraction of sp³-hybridized carbons (Fsp3) is 0.350. The number of hydrogen-bond donors (Lipinski definition) is 2. The summed E-state index contributed by atoms with van der Waals surface area (Å²) in [6.45, 7) is 2.34. The summed E-state index contributed by atoms with van der Waals surface area (Å²) in [5.41, 5.74) is 1.78. The molecule has 2 N–H and O–H groups in total. The SMILES string of the molecule is COc1ccc(CCC(C)NCC(=O)c2ccc(SC)c(O)c2)cc1. The first-order chi connectivity index (χ1) is 12.0. The molecule has 5 heteroatoms. The van der Waals surface area contributed by atoms with E-state index in [0.717, 1.165) is 23.5 Å². The zero-order chi connectivity index (χ0) is 18.2. The van der Waals surface area contributed by atoms with Crippen molar-refractivity contribution in [2.45, 2.75) is 30.7 Å². The Bertz CT molecular complexity index is 701. The maximum absolute atomic E-state index is 12.3. The van der Waals surface area contributed by atoms with Crippen molar-refractivity contribution in [2.75, 3.05) is 19.9 Å². The summed E-state index contributed by atoms with van der Waals surface area (Å²) >= 11 is 1.46. The zero-order valence-corrected chi connectivity index (χ0v) is 15.7. The molecule has 134 valence electrons. The van der Waals surface area contributed by atoms with Crippen molar-refractivity contribution >= 4 is 17.5 Å². The van der Waals surface area contributed by atoms with Crippen LogP contribution in [0.2, 0.25) is 0 Å². The van der Waals surface area contributed by atoms with Crippen molar-refractivity contribution in [1.82, 2.24) is 5.32 Å². The highest BCUT2D eigenvalue weighted by molar-refractivity contribution is 7.98. The number of Topliss-reactive ketones (excluding diaryl/α,β-unsaturated/α-hetero) is 1. The van der Waals surface area contributed by atoms with Crippen LogP contribution >= 0.6 is 11.8 Å². The third-order valence-electron chi connectivity index (χ3n) is 4.14. The van der Waals surface area contributed by atoms with Crippen molar-refractivity contribution in [2.24, 2.45) is 0 Å². The Morgan fingerprint density at radius 2 is 1.96 bits per heavy atom. The lowest BCUT2D eigenvalue weighted by atomic mass is 10.1. The van der Waals surface area contributed by atoms with Gasteiger partial charge in [0.2, 0.25) is 0 Å². The van der Waals surface area contributed by atoms with Gasteiger partial charge in [0.05, 0.1) is 13.7 Å². The summed E-state index contributed by atoms with van der Waals surface area (Å²) in [5.74, 6) is 1.00. The van der Waals surface area contributed by atoms with E-state index in [1.807, 2.05) is 18.4 Å². The predicted octanol–water partition coefficient (Wildman–Crippen LogP) is 3.92. The van der Waals surface area contributed by atoms with Crippen LogP contribution in [0.15, 0.2) is 47.4 Å². The van der Waals surface area contributed by atoms with Gasteiger partial charge < -0.3 is 15.2 Å². The van der Waals surface area contributed by atoms with Crippen LogP contribution in [0.4, 0.5) is 0 Å². The monoisotopic (exact) mass is 359 g/mol. The Morgan fingerprint density at radius 1 is 1.24 bits per heavy atom. The lowest BCUT2D eigenvalue weighted by Crippen LogP contribution is -2.31. The van der Waals surface area contributed by atoms with Gasteiger partial charge >= 0.3 is 0 Å². The number of carbonyl (C=O) groups is 1. The van der Waals surface area contributed by atoms with Crippen LogP contribution in [0.5, 0.6) is 11.5 Å². The molecule has 0 aliphatic carbocycles. The normalized spacial score (nSPS) is 12.0. The average Bonchev–Trinajstić information content (AvgIpc) is 2.64. The van der Waals surface area contributed by atoms with Crippen molar-refractivity contribution in [3.05, 3.63) is 53.6 Å². The number of ketones is 1. The first kappa shape index (κ1) is 19.3. The van der Waals surface area contributed by atoms with Gasteiger partial charge in [0.1, 0.15) is 11.5 Å². The highest BCUT2D eigenvalue weighted by Gasteiger charge is 2.11. The molecule has 1 unspecified atom stereocenters. The number of hydrogen-bond acceptors (Lipinski definition) is 5. The summed E-state index contributed by atoms with van der Waals surface area (Å²) in [7, 11) is 1.66. The molecule has 25 heavy (non-hydrogen) atoms. The molecule has 0 aliphatic rings. The third-order valence-corrected chi connectivity index (χ3v) is 4.92. The Balaban J connectivity index is 1.79. The number of methoxy groups -OCH3 is 1. The van der Waals surface area contributed by atoms with Crippen LogP contribution < -0.4 is 10.1 Å². The molecule has 0 saturated heterocycles. The fourth-order valence-corrected chi connectivity index (χ4v) is 2.98. The largest absolute Gasteiger partial charge is 0.507 e. The molecule has 0 radical (unpaired) electrons. The highest BCUT2D eigenvalue weighted by Crippen LogP contribution is 2.27. The molecule has 0 aromatic heterocycles. The number of carbonyl (C=O) groups excluding carboxylic acids is 1. The van der Waals surface area contributed by atoms with E-state index in [-0.39, 0.29) is 24.1 Å². The Labute approximate surface area is 153 Å². The Morgan fingerprint density at radius 3 is 2.56 bits per heavy atom. The van der Waals surface area contributed by atoms with E-state index >= 15 is 0 Å². The van der Waals surface area contributed by atoms with Crippen molar-refractivity contribution in [3.8, 4) is 11.5 Å². The molecule has 0 fully saturated rings.